The molecule has 1 aromatic heterocycles. The average molecular weight is 438 g/mol. The summed E-state index contributed by atoms with van der Waals surface area (Å²) in [6.45, 7) is 7.65. The Kier molecular flexibility index (Phi) is 5.80. The van der Waals surface area contributed by atoms with E-state index in [2.05, 4.69) is 32.1 Å². The van der Waals surface area contributed by atoms with Gasteiger partial charge in [0.15, 0.2) is 11.5 Å². The van der Waals surface area contributed by atoms with Crippen LogP contribution in [0.25, 0.3) is 10.9 Å². The van der Waals surface area contributed by atoms with E-state index in [1.807, 2.05) is 18.2 Å². The summed E-state index contributed by atoms with van der Waals surface area (Å²) >= 11 is 0. The second-order valence-corrected chi connectivity index (χ2v) is 8.58. The molecule has 0 saturated carbocycles. The van der Waals surface area contributed by atoms with E-state index in [0.29, 0.717) is 40.7 Å². The normalized spacial score (nSPS) is 19.3. The van der Waals surface area contributed by atoms with Crippen molar-refractivity contribution in [2.24, 2.45) is 0 Å². The summed E-state index contributed by atoms with van der Waals surface area (Å²) in [4.78, 5) is 13.5. The van der Waals surface area contributed by atoms with Gasteiger partial charge < -0.3 is 24.6 Å². The number of ether oxygens (including phenoxy) is 2. The van der Waals surface area contributed by atoms with E-state index in [9.17, 15) is 4.39 Å². The number of likely N-dealkylation sites (N-methyl/N-ethyl adjacent to an activating group) is 1. The molecule has 1 fully saturated rings. The Morgan fingerprint density at radius 2 is 1.97 bits per heavy atom. The number of rotatable bonds is 5. The fraction of sp³-hybridized carbons (Fsp3) is 0.417. The van der Waals surface area contributed by atoms with Gasteiger partial charge in [-0.1, -0.05) is 12.1 Å². The number of fused-ring (bicyclic) bond motifs is 2. The molecule has 7 nitrogen and oxygen atoms in total. The quantitative estimate of drug-likeness (QED) is 0.654. The van der Waals surface area contributed by atoms with Crippen LogP contribution >= 0.6 is 0 Å². The van der Waals surface area contributed by atoms with Crippen molar-refractivity contribution >= 4 is 22.4 Å². The lowest BCUT2D eigenvalue weighted by atomic mass is 10.1. The van der Waals surface area contributed by atoms with Gasteiger partial charge in [0.1, 0.15) is 30.7 Å². The van der Waals surface area contributed by atoms with Crippen LogP contribution in [0.5, 0.6) is 11.5 Å². The van der Waals surface area contributed by atoms with Gasteiger partial charge in [-0.3, -0.25) is 0 Å². The first-order valence-corrected chi connectivity index (χ1v) is 11.1. The first-order chi connectivity index (χ1) is 15.6. The van der Waals surface area contributed by atoms with E-state index < -0.39 is 0 Å². The average Bonchev–Trinajstić information content (AvgIpc) is 2.80. The van der Waals surface area contributed by atoms with Gasteiger partial charge in [0.2, 0.25) is 0 Å². The summed E-state index contributed by atoms with van der Waals surface area (Å²) in [5.74, 6) is 1.60. The standard InChI is InChI=1S/C24H28FN5O2/c1-16-4-3-5-19(23(16)25)28-24-18-12-22-21(13-20(18)26-15-27-24)31-14-17(32-22)6-7-30-10-8-29(2)9-11-30/h3-5,12-13,15,17H,6-11,14H2,1-2H3,(H,26,27,28). The molecule has 8 heteroatoms. The smallest absolute Gasteiger partial charge is 0.163 e. The number of hydrogen-bond donors (Lipinski definition) is 1. The van der Waals surface area contributed by atoms with Crippen molar-refractivity contribution in [2.75, 3.05) is 51.7 Å². The minimum Gasteiger partial charge on any atom is -0.486 e. The molecule has 168 valence electrons. The van der Waals surface area contributed by atoms with Crippen LogP contribution in [-0.4, -0.2) is 72.3 Å². The molecule has 0 amide bonds. The lowest BCUT2D eigenvalue weighted by molar-refractivity contribution is 0.0679. The minimum atomic E-state index is -0.291. The summed E-state index contributed by atoms with van der Waals surface area (Å²) in [5, 5.41) is 3.87. The summed E-state index contributed by atoms with van der Waals surface area (Å²) in [5.41, 5.74) is 1.67. The highest BCUT2D eigenvalue weighted by molar-refractivity contribution is 5.93. The molecule has 1 N–H and O–H groups in total. The van der Waals surface area contributed by atoms with E-state index >= 15 is 0 Å². The number of hydrogen-bond acceptors (Lipinski definition) is 7. The fourth-order valence-electron chi connectivity index (χ4n) is 4.18. The van der Waals surface area contributed by atoms with E-state index in [0.717, 1.165) is 44.5 Å². The van der Waals surface area contributed by atoms with Gasteiger partial charge in [-0.2, -0.15) is 0 Å². The van der Waals surface area contributed by atoms with Crippen molar-refractivity contribution in [3.63, 3.8) is 0 Å². The van der Waals surface area contributed by atoms with Crippen LogP contribution in [0.1, 0.15) is 12.0 Å². The molecule has 3 aromatic rings. The van der Waals surface area contributed by atoms with Crippen LogP contribution in [0.4, 0.5) is 15.9 Å². The summed E-state index contributed by atoms with van der Waals surface area (Å²) < 4.78 is 26.8. The maximum Gasteiger partial charge on any atom is 0.163 e. The number of anilines is 2. The molecule has 0 spiro atoms. The van der Waals surface area contributed by atoms with Crippen LogP contribution in [0.15, 0.2) is 36.7 Å². The Morgan fingerprint density at radius 3 is 2.81 bits per heavy atom. The molecule has 0 radical (unpaired) electrons. The summed E-state index contributed by atoms with van der Waals surface area (Å²) in [6, 6.07) is 9.00. The van der Waals surface area contributed by atoms with Gasteiger partial charge >= 0.3 is 0 Å². The van der Waals surface area contributed by atoms with Crippen molar-refractivity contribution in [2.45, 2.75) is 19.4 Å². The van der Waals surface area contributed by atoms with E-state index in [1.54, 1.807) is 19.1 Å². The van der Waals surface area contributed by atoms with Crippen molar-refractivity contribution in [1.82, 2.24) is 19.8 Å². The van der Waals surface area contributed by atoms with Gasteiger partial charge in [-0.15, -0.1) is 0 Å². The highest BCUT2D eigenvalue weighted by Crippen LogP contribution is 2.38. The van der Waals surface area contributed by atoms with Crippen LogP contribution < -0.4 is 14.8 Å². The SMILES string of the molecule is Cc1cccc(Nc2ncnc3cc4c(cc23)OC(CCN2CCN(C)CC2)CO4)c1F. The Bertz CT molecular complexity index is 1120. The predicted molar refractivity (Wildman–Crippen MR) is 122 cm³/mol. The number of piperazine rings is 1. The van der Waals surface area contributed by atoms with Crippen LogP contribution in [-0.2, 0) is 0 Å². The number of benzene rings is 2. The number of nitrogens with zero attached hydrogens (tertiary/aromatic N) is 4. The highest BCUT2D eigenvalue weighted by Gasteiger charge is 2.24. The molecule has 2 aromatic carbocycles. The minimum absolute atomic E-state index is 0.00476. The molecule has 0 bridgehead atoms. The van der Waals surface area contributed by atoms with Crippen molar-refractivity contribution < 1.29 is 13.9 Å². The van der Waals surface area contributed by atoms with Crippen molar-refractivity contribution in [3.05, 3.63) is 48.0 Å². The van der Waals surface area contributed by atoms with Gasteiger partial charge in [0.25, 0.3) is 0 Å². The molecular weight excluding hydrogens is 409 g/mol. The maximum absolute atomic E-state index is 14.5. The topological polar surface area (TPSA) is 62.8 Å². The number of aromatic nitrogens is 2. The summed E-state index contributed by atoms with van der Waals surface area (Å²) in [7, 11) is 2.16. The molecule has 1 saturated heterocycles. The molecule has 32 heavy (non-hydrogen) atoms. The zero-order valence-corrected chi connectivity index (χ0v) is 18.5. The highest BCUT2D eigenvalue weighted by atomic mass is 19.1. The van der Waals surface area contributed by atoms with Crippen molar-refractivity contribution in [3.8, 4) is 11.5 Å². The zero-order valence-electron chi connectivity index (χ0n) is 18.5. The van der Waals surface area contributed by atoms with E-state index in [-0.39, 0.29) is 11.9 Å². The Balaban J connectivity index is 1.34. The first-order valence-electron chi connectivity index (χ1n) is 11.1. The molecular formula is C24H28FN5O2. The van der Waals surface area contributed by atoms with Gasteiger partial charge in [-0.05, 0) is 31.7 Å². The number of aryl methyl sites for hydroxylation is 1. The lowest BCUT2D eigenvalue weighted by Crippen LogP contribution is -2.45. The first kappa shape index (κ1) is 20.9. The third-order valence-electron chi connectivity index (χ3n) is 6.23. The van der Waals surface area contributed by atoms with E-state index in [4.69, 9.17) is 9.47 Å². The lowest BCUT2D eigenvalue weighted by Gasteiger charge is -2.34. The monoisotopic (exact) mass is 437 g/mol. The second-order valence-electron chi connectivity index (χ2n) is 8.58. The van der Waals surface area contributed by atoms with E-state index in [1.165, 1.54) is 6.33 Å². The summed E-state index contributed by atoms with van der Waals surface area (Å²) in [6.07, 6.45) is 2.37. The Morgan fingerprint density at radius 1 is 1.12 bits per heavy atom. The zero-order chi connectivity index (χ0) is 22.1. The number of nitrogens with one attached hydrogen (secondary N) is 1. The molecule has 1 unspecified atom stereocenters. The second kappa shape index (κ2) is 8.88. The van der Waals surface area contributed by atoms with Gasteiger partial charge in [0, 0.05) is 50.6 Å². The van der Waals surface area contributed by atoms with Gasteiger partial charge in [-0.25, -0.2) is 14.4 Å². The molecule has 3 heterocycles. The largest absolute Gasteiger partial charge is 0.486 e. The van der Waals surface area contributed by atoms with Gasteiger partial charge in [0.05, 0.1) is 11.2 Å². The maximum atomic E-state index is 14.5. The van der Waals surface area contributed by atoms with Crippen LogP contribution in [0, 0.1) is 12.7 Å². The van der Waals surface area contributed by atoms with Crippen molar-refractivity contribution in [1.29, 1.82) is 0 Å². The predicted octanol–water partition coefficient (Wildman–Crippen LogP) is 3.60. The molecule has 1 atom stereocenters. The fourth-order valence-corrected chi connectivity index (χ4v) is 4.18. The molecule has 0 aliphatic carbocycles. The third-order valence-corrected chi connectivity index (χ3v) is 6.23. The molecule has 2 aliphatic rings. The van der Waals surface area contributed by atoms with Crippen LogP contribution in [0.3, 0.4) is 0 Å². The number of halogens is 1. The third kappa shape index (κ3) is 4.33. The van der Waals surface area contributed by atoms with Crippen LogP contribution in [0.2, 0.25) is 0 Å². The molecule has 5 rings (SSSR count). The Labute approximate surface area is 187 Å². The Hall–Kier alpha value is -2.97. The molecule has 2 aliphatic heterocycles.